The van der Waals surface area contributed by atoms with Gasteiger partial charge in [-0.15, -0.1) is 0 Å². The summed E-state index contributed by atoms with van der Waals surface area (Å²) in [6.45, 7) is 8.45. The number of aliphatic carboxylic acids is 1. The molecule has 0 radical (unpaired) electrons. The number of rotatable bonds is 7. The van der Waals surface area contributed by atoms with Gasteiger partial charge < -0.3 is 9.84 Å². The number of ketones is 1. The van der Waals surface area contributed by atoms with E-state index in [1.807, 2.05) is 27.7 Å². The summed E-state index contributed by atoms with van der Waals surface area (Å²) in [5.74, 6) is -0.716. The largest absolute Gasteiger partial charge is 0.492 e. The number of carboxylic acids is 1. The van der Waals surface area contributed by atoms with E-state index in [0.29, 0.717) is 23.3 Å². The summed E-state index contributed by atoms with van der Waals surface area (Å²) in [7, 11) is 0. The highest BCUT2D eigenvalue weighted by Crippen LogP contribution is 2.34. The minimum absolute atomic E-state index is 0.121. The molecule has 1 rings (SSSR count). The van der Waals surface area contributed by atoms with Crippen LogP contribution >= 0.6 is 11.6 Å². The van der Waals surface area contributed by atoms with Gasteiger partial charge in [0.2, 0.25) is 0 Å². The van der Waals surface area contributed by atoms with Crippen LogP contribution in [0.15, 0.2) is 24.3 Å². The van der Waals surface area contributed by atoms with Gasteiger partial charge in [-0.1, -0.05) is 39.3 Å². The highest BCUT2D eigenvalue weighted by molar-refractivity contribution is 6.31. The molecule has 5 heteroatoms. The van der Waals surface area contributed by atoms with Crippen LogP contribution in [0.2, 0.25) is 5.02 Å². The Bertz CT molecular complexity index is 589. The zero-order valence-corrected chi connectivity index (χ0v) is 14.0. The predicted molar refractivity (Wildman–Crippen MR) is 87.0 cm³/mol. The number of carbonyl (C=O) groups excluding carboxylic acids is 1. The molecule has 0 saturated heterocycles. The van der Waals surface area contributed by atoms with Crippen LogP contribution in [-0.2, 0) is 4.79 Å². The maximum absolute atomic E-state index is 12.3. The lowest BCUT2D eigenvalue weighted by molar-refractivity contribution is -0.131. The van der Waals surface area contributed by atoms with Crippen LogP contribution in [0, 0.1) is 5.92 Å². The lowest BCUT2D eigenvalue weighted by atomic mass is 9.97. The average Bonchev–Trinajstić information content (AvgIpc) is 2.42. The maximum Gasteiger partial charge on any atom is 0.328 e. The molecule has 4 nitrogen and oxygen atoms in total. The number of carboxylic acid groups (broad SMARTS) is 1. The number of halogens is 1. The highest BCUT2D eigenvalue weighted by atomic mass is 35.5. The molecule has 0 aromatic heterocycles. The van der Waals surface area contributed by atoms with Crippen molar-refractivity contribution in [2.45, 2.75) is 33.6 Å². The van der Waals surface area contributed by atoms with E-state index in [9.17, 15) is 9.59 Å². The van der Waals surface area contributed by atoms with Crippen LogP contribution in [0.25, 0.3) is 0 Å². The van der Waals surface area contributed by atoms with Gasteiger partial charge >= 0.3 is 5.97 Å². The number of hydrogen-bond acceptors (Lipinski definition) is 3. The van der Waals surface area contributed by atoms with Gasteiger partial charge in [-0.3, -0.25) is 4.79 Å². The fourth-order valence-electron chi connectivity index (χ4n) is 1.87. The molecule has 1 aromatic carbocycles. The van der Waals surface area contributed by atoms with Gasteiger partial charge in [0.15, 0.2) is 5.78 Å². The van der Waals surface area contributed by atoms with E-state index in [1.54, 1.807) is 6.07 Å². The summed E-state index contributed by atoms with van der Waals surface area (Å²) >= 11 is 6.09. The number of carbonyl (C=O) groups is 2. The van der Waals surface area contributed by atoms with Gasteiger partial charge in [-0.2, -0.15) is 0 Å². The molecular weight excluding hydrogens is 304 g/mol. The maximum atomic E-state index is 12.3. The molecule has 0 fully saturated rings. The van der Waals surface area contributed by atoms with Crippen molar-refractivity contribution in [2.75, 3.05) is 6.61 Å². The number of ether oxygens (including phenoxy) is 1. The molecule has 0 unspecified atom stereocenters. The topological polar surface area (TPSA) is 63.6 Å². The van der Waals surface area contributed by atoms with Gasteiger partial charge in [0.1, 0.15) is 5.75 Å². The van der Waals surface area contributed by atoms with Gasteiger partial charge in [0.25, 0.3) is 0 Å². The van der Waals surface area contributed by atoms with Crippen LogP contribution < -0.4 is 4.74 Å². The van der Waals surface area contributed by atoms with Crippen LogP contribution in [0.5, 0.6) is 5.75 Å². The summed E-state index contributed by atoms with van der Waals surface area (Å²) in [6.07, 6.45) is 1.82. The first-order valence-electron chi connectivity index (χ1n) is 7.14. The second kappa shape index (κ2) is 7.99. The summed E-state index contributed by atoms with van der Waals surface area (Å²) in [4.78, 5) is 22.8. The molecule has 1 aromatic rings. The van der Waals surface area contributed by atoms with Crippen LogP contribution in [-0.4, -0.2) is 23.5 Å². The fourth-order valence-corrected chi connectivity index (χ4v) is 2.10. The molecule has 0 saturated carbocycles. The van der Waals surface area contributed by atoms with Crippen LogP contribution in [0.3, 0.4) is 0 Å². The fraction of sp³-hybridized carbons (Fsp3) is 0.412. The lowest BCUT2D eigenvalue weighted by Gasteiger charge is -2.18. The Morgan fingerprint density at radius 1 is 1.23 bits per heavy atom. The molecular formula is C17H21ClO4. The molecule has 1 N–H and O–H groups in total. The van der Waals surface area contributed by atoms with Crippen molar-refractivity contribution in [3.63, 3.8) is 0 Å². The minimum atomic E-state index is -1.18. The van der Waals surface area contributed by atoms with Crippen LogP contribution in [0.1, 0.15) is 49.5 Å². The second-order valence-electron chi connectivity index (χ2n) is 5.77. The molecule has 0 heterocycles. The van der Waals surface area contributed by atoms with Crippen molar-refractivity contribution >= 4 is 23.4 Å². The standard InChI is InChI=1S/C17H21ClO4/c1-10(2)9-22-17-13(11(3)4)7-12(18)8-14(17)15(19)5-6-16(20)21/h5-8,10-11H,9H2,1-4H3,(H,20,21)/b6-5+. The van der Waals surface area contributed by atoms with Crippen molar-refractivity contribution in [1.29, 1.82) is 0 Å². The van der Waals surface area contributed by atoms with Gasteiger partial charge in [0.05, 0.1) is 12.2 Å². The third kappa shape index (κ3) is 5.19. The lowest BCUT2D eigenvalue weighted by Crippen LogP contribution is -2.11. The summed E-state index contributed by atoms with van der Waals surface area (Å²) in [5.41, 5.74) is 1.12. The Morgan fingerprint density at radius 2 is 1.86 bits per heavy atom. The van der Waals surface area contributed by atoms with E-state index in [2.05, 4.69) is 0 Å². The van der Waals surface area contributed by atoms with Crippen LogP contribution in [0.4, 0.5) is 0 Å². The zero-order valence-electron chi connectivity index (χ0n) is 13.2. The van der Waals surface area contributed by atoms with Gasteiger partial charge in [-0.25, -0.2) is 4.79 Å². The molecule has 0 amide bonds. The monoisotopic (exact) mass is 324 g/mol. The van der Waals surface area contributed by atoms with Crippen molar-refractivity contribution in [3.05, 3.63) is 40.4 Å². The number of benzene rings is 1. The Kier molecular flexibility index (Phi) is 6.62. The van der Waals surface area contributed by atoms with E-state index in [4.69, 9.17) is 21.4 Å². The van der Waals surface area contributed by atoms with Crippen molar-refractivity contribution < 1.29 is 19.4 Å². The Morgan fingerprint density at radius 3 is 2.36 bits per heavy atom. The Balaban J connectivity index is 3.33. The van der Waals surface area contributed by atoms with Crippen molar-refractivity contribution in [2.24, 2.45) is 5.92 Å². The molecule has 22 heavy (non-hydrogen) atoms. The molecule has 0 spiro atoms. The SMILES string of the molecule is CC(C)COc1c(C(=O)/C=C/C(=O)O)cc(Cl)cc1C(C)C. The van der Waals surface area contributed by atoms with E-state index >= 15 is 0 Å². The molecule has 0 atom stereocenters. The zero-order chi connectivity index (χ0) is 16.9. The Labute approximate surface area is 135 Å². The summed E-state index contributed by atoms with van der Waals surface area (Å²) < 4.78 is 5.81. The third-order valence-electron chi connectivity index (χ3n) is 2.91. The minimum Gasteiger partial charge on any atom is -0.492 e. The van der Waals surface area contributed by atoms with Gasteiger partial charge in [0, 0.05) is 11.1 Å². The number of allylic oxidation sites excluding steroid dienone is 1. The van der Waals surface area contributed by atoms with E-state index < -0.39 is 11.8 Å². The molecule has 0 bridgehead atoms. The highest BCUT2D eigenvalue weighted by Gasteiger charge is 2.19. The first-order chi connectivity index (χ1) is 10.2. The molecule has 0 aliphatic heterocycles. The summed E-state index contributed by atoms with van der Waals surface area (Å²) in [6, 6.07) is 3.29. The normalized spacial score (nSPS) is 11.4. The quantitative estimate of drug-likeness (QED) is 0.599. The van der Waals surface area contributed by atoms with Crippen molar-refractivity contribution in [3.8, 4) is 5.75 Å². The van der Waals surface area contributed by atoms with E-state index in [0.717, 1.165) is 17.7 Å². The smallest absolute Gasteiger partial charge is 0.328 e. The van der Waals surface area contributed by atoms with Crippen molar-refractivity contribution in [1.82, 2.24) is 0 Å². The van der Waals surface area contributed by atoms with E-state index in [-0.39, 0.29) is 11.5 Å². The van der Waals surface area contributed by atoms with Gasteiger partial charge in [-0.05, 0) is 35.6 Å². The first kappa shape index (κ1) is 18.2. The number of hydrogen-bond donors (Lipinski definition) is 1. The predicted octanol–water partition coefficient (Wildman–Crippen LogP) is 4.32. The second-order valence-corrected chi connectivity index (χ2v) is 6.20. The summed E-state index contributed by atoms with van der Waals surface area (Å²) in [5, 5.41) is 9.08. The molecule has 120 valence electrons. The average molecular weight is 325 g/mol. The van der Waals surface area contributed by atoms with E-state index in [1.165, 1.54) is 6.07 Å². The third-order valence-corrected chi connectivity index (χ3v) is 3.13. The molecule has 0 aliphatic carbocycles. The Hall–Kier alpha value is -1.81. The first-order valence-corrected chi connectivity index (χ1v) is 7.51. The molecule has 0 aliphatic rings.